The Morgan fingerprint density at radius 2 is 1.75 bits per heavy atom. The number of hydrogen-bond donors (Lipinski definition) is 1. The molecule has 7 heteroatoms. The van der Waals surface area contributed by atoms with Gasteiger partial charge in [-0.05, 0) is 30.5 Å². The van der Waals surface area contributed by atoms with Crippen molar-refractivity contribution < 1.29 is 19.2 Å². The molecule has 0 saturated carbocycles. The van der Waals surface area contributed by atoms with Crippen molar-refractivity contribution in [3.05, 3.63) is 29.3 Å². The molecular formula is C17H17N3O4. The van der Waals surface area contributed by atoms with E-state index in [1.165, 1.54) is 0 Å². The molecule has 4 amide bonds. The van der Waals surface area contributed by atoms with E-state index in [0.29, 0.717) is 17.0 Å². The fraction of sp³-hybridized carbons (Fsp3) is 0.412. The van der Waals surface area contributed by atoms with Crippen molar-refractivity contribution in [1.29, 1.82) is 0 Å². The van der Waals surface area contributed by atoms with Gasteiger partial charge in [-0.25, -0.2) is 0 Å². The summed E-state index contributed by atoms with van der Waals surface area (Å²) in [6.45, 7) is 4.01. The average molecular weight is 327 g/mol. The summed E-state index contributed by atoms with van der Waals surface area (Å²) in [5.74, 6) is -1.26. The lowest BCUT2D eigenvalue weighted by molar-refractivity contribution is -0.136. The summed E-state index contributed by atoms with van der Waals surface area (Å²) in [5, 5.41) is 2.19. The first-order valence-electron chi connectivity index (χ1n) is 8.06. The van der Waals surface area contributed by atoms with Gasteiger partial charge in [-0.3, -0.25) is 29.4 Å². The molecule has 124 valence electrons. The van der Waals surface area contributed by atoms with Gasteiger partial charge in [0, 0.05) is 25.2 Å². The van der Waals surface area contributed by atoms with Crippen molar-refractivity contribution >= 4 is 29.3 Å². The lowest BCUT2D eigenvalue weighted by atomic mass is 10.0. The van der Waals surface area contributed by atoms with Gasteiger partial charge in [-0.1, -0.05) is 6.92 Å². The second kappa shape index (κ2) is 5.15. The second-order valence-electron chi connectivity index (χ2n) is 6.69. The van der Waals surface area contributed by atoms with Gasteiger partial charge in [0.15, 0.2) is 0 Å². The van der Waals surface area contributed by atoms with Crippen LogP contribution in [0.1, 0.15) is 40.5 Å². The van der Waals surface area contributed by atoms with Crippen molar-refractivity contribution in [2.75, 3.05) is 18.0 Å². The van der Waals surface area contributed by atoms with Gasteiger partial charge in [0.1, 0.15) is 6.04 Å². The van der Waals surface area contributed by atoms with Gasteiger partial charge in [0.25, 0.3) is 11.8 Å². The molecule has 3 heterocycles. The van der Waals surface area contributed by atoms with Gasteiger partial charge in [-0.2, -0.15) is 0 Å². The number of carbonyl (C=O) groups excluding carboxylic acids is 4. The summed E-state index contributed by atoms with van der Waals surface area (Å²) in [6, 6.07) is 4.30. The predicted octanol–water partition coefficient (Wildman–Crippen LogP) is 0.544. The fourth-order valence-corrected chi connectivity index (χ4v) is 3.57. The van der Waals surface area contributed by atoms with Gasteiger partial charge in [0.05, 0.1) is 11.1 Å². The highest BCUT2D eigenvalue weighted by Crippen LogP contribution is 2.32. The molecule has 7 nitrogen and oxygen atoms in total. The number of anilines is 1. The molecule has 4 rings (SSSR count). The van der Waals surface area contributed by atoms with Crippen LogP contribution in [0.2, 0.25) is 0 Å². The van der Waals surface area contributed by atoms with Crippen molar-refractivity contribution in [1.82, 2.24) is 10.2 Å². The standard InChI is InChI=1S/C17H17N3O4/c1-9-7-19(8-9)10-2-3-11-12(6-10)17(24)20(16(11)23)13-4-5-14(21)18-15(13)22/h2-3,6,9,13H,4-5,7-8H2,1H3,(H,18,21,22). The first kappa shape index (κ1) is 14.9. The number of nitrogens with zero attached hydrogens (tertiary/aromatic N) is 2. The van der Waals surface area contributed by atoms with E-state index in [9.17, 15) is 19.2 Å². The lowest BCUT2D eigenvalue weighted by Crippen LogP contribution is -2.54. The van der Waals surface area contributed by atoms with Crippen molar-refractivity contribution in [3.8, 4) is 0 Å². The average Bonchev–Trinajstić information content (AvgIpc) is 2.76. The van der Waals surface area contributed by atoms with E-state index < -0.39 is 23.8 Å². The largest absolute Gasteiger partial charge is 0.371 e. The van der Waals surface area contributed by atoms with Gasteiger partial charge in [-0.15, -0.1) is 0 Å². The molecule has 0 bridgehead atoms. The zero-order valence-corrected chi connectivity index (χ0v) is 13.2. The molecule has 2 saturated heterocycles. The number of piperidine rings is 1. The predicted molar refractivity (Wildman–Crippen MR) is 84.5 cm³/mol. The SMILES string of the molecule is CC1CN(c2ccc3c(c2)C(=O)N(C2CCC(=O)NC2=O)C3=O)C1. The van der Waals surface area contributed by atoms with E-state index >= 15 is 0 Å². The molecule has 1 aromatic carbocycles. The molecule has 0 aromatic heterocycles. The summed E-state index contributed by atoms with van der Waals surface area (Å²) in [4.78, 5) is 51.7. The van der Waals surface area contributed by atoms with E-state index in [-0.39, 0.29) is 18.7 Å². The number of benzene rings is 1. The molecule has 0 radical (unpaired) electrons. The Kier molecular flexibility index (Phi) is 3.19. The molecule has 1 unspecified atom stereocenters. The van der Waals surface area contributed by atoms with Crippen LogP contribution in [0.25, 0.3) is 0 Å². The van der Waals surface area contributed by atoms with E-state index in [4.69, 9.17) is 0 Å². The molecule has 24 heavy (non-hydrogen) atoms. The zero-order valence-electron chi connectivity index (χ0n) is 13.2. The highest BCUT2D eigenvalue weighted by molar-refractivity contribution is 6.23. The molecule has 2 fully saturated rings. The number of hydrogen-bond acceptors (Lipinski definition) is 5. The maximum absolute atomic E-state index is 12.7. The molecule has 1 atom stereocenters. The Morgan fingerprint density at radius 1 is 1.04 bits per heavy atom. The summed E-state index contributed by atoms with van der Waals surface area (Å²) < 4.78 is 0. The lowest BCUT2D eigenvalue weighted by Gasteiger charge is -2.39. The van der Waals surface area contributed by atoms with Crippen LogP contribution >= 0.6 is 0 Å². The van der Waals surface area contributed by atoms with Crippen molar-refractivity contribution in [2.45, 2.75) is 25.8 Å². The number of carbonyl (C=O) groups is 4. The monoisotopic (exact) mass is 327 g/mol. The Bertz CT molecular complexity index is 782. The first-order valence-corrected chi connectivity index (χ1v) is 8.06. The minimum atomic E-state index is -0.914. The van der Waals surface area contributed by atoms with Crippen LogP contribution < -0.4 is 10.2 Å². The minimum absolute atomic E-state index is 0.126. The summed E-state index contributed by atoms with van der Waals surface area (Å²) in [5.41, 5.74) is 1.57. The fourth-order valence-electron chi connectivity index (χ4n) is 3.57. The maximum atomic E-state index is 12.7. The van der Waals surface area contributed by atoms with Crippen LogP contribution in [0, 0.1) is 5.92 Å². The van der Waals surface area contributed by atoms with Gasteiger partial charge in [0.2, 0.25) is 11.8 Å². The summed E-state index contributed by atoms with van der Waals surface area (Å²) >= 11 is 0. The van der Waals surface area contributed by atoms with Crippen molar-refractivity contribution in [2.24, 2.45) is 5.92 Å². The molecule has 1 N–H and O–H groups in total. The maximum Gasteiger partial charge on any atom is 0.262 e. The number of imide groups is 2. The molecular weight excluding hydrogens is 310 g/mol. The highest BCUT2D eigenvalue weighted by Gasteiger charge is 2.44. The first-order chi connectivity index (χ1) is 11.5. The Labute approximate surface area is 138 Å². The third kappa shape index (κ3) is 2.11. The summed E-state index contributed by atoms with van der Waals surface area (Å²) in [6.07, 6.45) is 0.299. The van der Waals surface area contributed by atoms with Crippen LogP contribution in [0.4, 0.5) is 5.69 Å². The van der Waals surface area contributed by atoms with Crippen LogP contribution in [-0.2, 0) is 9.59 Å². The number of amides is 4. The topological polar surface area (TPSA) is 86.8 Å². The van der Waals surface area contributed by atoms with Gasteiger partial charge >= 0.3 is 0 Å². The quantitative estimate of drug-likeness (QED) is 0.801. The van der Waals surface area contributed by atoms with E-state index in [1.54, 1.807) is 12.1 Å². The smallest absolute Gasteiger partial charge is 0.262 e. The number of nitrogens with one attached hydrogen (secondary N) is 1. The molecule has 0 spiro atoms. The van der Waals surface area contributed by atoms with Gasteiger partial charge < -0.3 is 4.90 Å². The molecule has 3 aliphatic heterocycles. The molecule has 0 aliphatic carbocycles. The Balaban J connectivity index is 1.63. The van der Waals surface area contributed by atoms with E-state index in [1.807, 2.05) is 6.07 Å². The van der Waals surface area contributed by atoms with Crippen LogP contribution in [0.5, 0.6) is 0 Å². The Hall–Kier alpha value is -2.70. The minimum Gasteiger partial charge on any atom is -0.371 e. The van der Waals surface area contributed by atoms with Crippen LogP contribution in [0.15, 0.2) is 18.2 Å². The second-order valence-corrected chi connectivity index (χ2v) is 6.69. The number of fused-ring (bicyclic) bond motifs is 1. The summed E-state index contributed by atoms with van der Waals surface area (Å²) in [7, 11) is 0. The zero-order chi connectivity index (χ0) is 17.0. The number of rotatable bonds is 2. The van der Waals surface area contributed by atoms with E-state index in [0.717, 1.165) is 23.7 Å². The van der Waals surface area contributed by atoms with Crippen LogP contribution in [0.3, 0.4) is 0 Å². The molecule has 1 aromatic rings. The third-order valence-electron chi connectivity index (χ3n) is 4.85. The van der Waals surface area contributed by atoms with Crippen LogP contribution in [-0.4, -0.2) is 47.7 Å². The highest BCUT2D eigenvalue weighted by atomic mass is 16.2. The Morgan fingerprint density at radius 3 is 2.42 bits per heavy atom. The molecule has 3 aliphatic rings. The third-order valence-corrected chi connectivity index (χ3v) is 4.85. The van der Waals surface area contributed by atoms with Crippen molar-refractivity contribution in [3.63, 3.8) is 0 Å². The normalized spacial score (nSPS) is 24.1. The van der Waals surface area contributed by atoms with E-state index in [2.05, 4.69) is 17.1 Å².